The van der Waals surface area contributed by atoms with E-state index >= 15 is 0 Å². The van der Waals surface area contributed by atoms with Crippen LogP contribution in [-0.2, 0) is 4.74 Å². The first kappa shape index (κ1) is 19.0. The molecule has 0 saturated carbocycles. The summed E-state index contributed by atoms with van der Waals surface area (Å²) in [5, 5.41) is 2.76. The van der Waals surface area contributed by atoms with Gasteiger partial charge in [0.15, 0.2) is 0 Å². The van der Waals surface area contributed by atoms with E-state index in [1.165, 1.54) is 12.1 Å². The summed E-state index contributed by atoms with van der Waals surface area (Å²) < 4.78 is 19.2. The predicted molar refractivity (Wildman–Crippen MR) is 100 cm³/mol. The Morgan fingerprint density at radius 2 is 1.88 bits per heavy atom. The van der Waals surface area contributed by atoms with Crippen molar-refractivity contribution in [1.29, 1.82) is 0 Å². The molecule has 0 aliphatic heterocycles. The Morgan fingerprint density at radius 1 is 1.12 bits per heavy atom. The van der Waals surface area contributed by atoms with Crippen LogP contribution in [0.25, 0.3) is 11.1 Å². The van der Waals surface area contributed by atoms with Gasteiger partial charge < -0.3 is 4.74 Å². The fourth-order valence-corrected chi connectivity index (χ4v) is 2.74. The van der Waals surface area contributed by atoms with E-state index in [9.17, 15) is 9.18 Å². The van der Waals surface area contributed by atoms with Crippen molar-refractivity contribution in [2.24, 2.45) is 0 Å². The molecule has 0 heterocycles. The summed E-state index contributed by atoms with van der Waals surface area (Å²) in [5.41, 5.74) is 2.02. The Bertz CT molecular complexity index is 673. The van der Waals surface area contributed by atoms with E-state index in [4.69, 9.17) is 4.74 Å². The number of benzene rings is 2. The van der Waals surface area contributed by atoms with E-state index < -0.39 is 6.09 Å². The lowest BCUT2D eigenvalue weighted by atomic mass is 10.0. The standard InChI is InChI=1S/C21H26FNO2/c1-3-5-7-12-18(4-2)25-21(24)23-20-14-13-17(22)15-19(20)16-10-8-6-9-11-16/h6,8-11,13-15,18H,3-5,7,12H2,1-2H3,(H,23,24). The molecule has 4 heteroatoms. The van der Waals surface area contributed by atoms with Crippen molar-refractivity contribution in [2.75, 3.05) is 5.32 Å². The summed E-state index contributed by atoms with van der Waals surface area (Å²) in [6, 6.07) is 13.7. The van der Waals surface area contributed by atoms with E-state index in [-0.39, 0.29) is 11.9 Å². The number of amides is 1. The topological polar surface area (TPSA) is 38.3 Å². The molecule has 25 heavy (non-hydrogen) atoms. The Morgan fingerprint density at radius 3 is 2.56 bits per heavy atom. The molecular weight excluding hydrogens is 317 g/mol. The minimum absolute atomic E-state index is 0.0906. The molecule has 0 fully saturated rings. The highest BCUT2D eigenvalue weighted by molar-refractivity contribution is 5.91. The van der Waals surface area contributed by atoms with Gasteiger partial charge in [0.1, 0.15) is 11.9 Å². The Kier molecular flexibility index (Phi) is 7.45. The van der Waals surface area contributed by atoms with Gasteiger partial charge in [-0.2, -0.15) is 0 Å². The van der Waals surface area contributed by atoms with Crippen molar-refractivity contribution < 1.29 is 13.9 Å². The molecule has 2 rings (SSSR count). The number of unbranched alkanes of at least 4 members (excludes halogenated alkanes) is 2. The predicted octanol–water partition coefficient (Wildman–Crippen LogP) is 6.40. The van der Waals surface area contributed by atoms with Gasteiger partial charge in [-0.1, -0.05) is 57.0 Å². The minimum atomic E-state index is -0.493. The third-order valence-corrected chi connectivity index (χ3v) is 4.16. The van der Waals surface area contributed by atoms with E-state index in [2.05, 4.69) is 12.2 Å². The molecule has 1 N–H and O–H groups in total. The lowest BCUT2D eigenvalue weighted by Crippen LogP contribution is -2.22. The van der Waals surface area contributed by atoms with E-state index in [1.54, 1.807) is 6.07 Å². The third kappa shape index (κ3) is 5.89. The number of carbonyl (C=O) groups is 1. The minimum Gasteiger partial charge on any atom is -0.446 e. The van der Waals surface area contributed by atoms with Gasteiger partial charge in [0.2, 0.25) is 0 Å². The van der Waals surface area contributed by atoms with Gasteiger partial charge in [-0.15, -0.1) is 0 Å². The molecular formula is C21H26FNO2. The molecule has 0 aliphatic carbocycles. The first-order valence-corrected chi connectivity index (χ1v) is 8.96. The van der Waals surface area contributed by atoms with Gasteiger partial charge in [-0.25, -0.2) is 9.18 Å². The second-order valence-corrected chi connectivity index (χ2v) is 6.11. The number of ether oxygens (including phenoxy) is 1. The summed E-state index contributed by atoms with van der Waals surface area (Å²) >= 11 is 0. The molecule has 0 saturated heterocycles. The van der Waals surface area contributed by atoms with Gasteiger partial charge >= 0.3 is 6.09 Å². The van der Waals surface area contributed by atoms with Crippen LogP contribution in [-0.4, -0.2) is 12.2 Å². The molecule has 0 bridgehead atoms. The highest BCUT2D eigenvalue weighted by Gasteiger charge is 2.15. The summed E-state index contributed by atoms with van der Waals surface area (Å²) in [4.78, 5) is 12.3. The molecule has 3 nitrogen and oxygen atoms in total. The zero-order chi connectivity index (χ0) is 18.1. The number of hydrogen-bond donors (Lipinski definition) is 1. The van der Waals surface area contributed by atoms with Gasteiger partial charge in [-0.05, 0) is 43.0 Å². The van der Waals surface area contributed by atoms with Gasteiger partial charge in [-0.3, -0.25) is 5.32 Å². The molecule has 2 aromatic carbocycles. The highest BCUT2D eigenvalue weighted by Crippen LogP contribution is 2.29. The molecule has 0 radical (unpaired) electrons. The van der Waals surface area contributed by atoms with Crippen molar-refractivity contribution in [3.05, 3.63) is 54.3 Å². The van der Waals surface area contributed by atoms with E-state index in [0.29, 0.717) is 11.3 Å². The van der Waals surface area contributed by atoms with E-state index in [1.807, 2.05) is 37.3 Å². The molecule has 0 spiro atoms. The lowest BCUT2D eigenvalue weighted by molar-refractivity contribution is 0.101. The molecule has 0 aromatic heterocycles. The summed E-state index contributed by atoms with van der Waals surface area (Å²) in [7, 11) is 0. The van der Waals surface area contributed by atoms with Crippen LogP contribution in [0.2, 0.25) is 0 Å². The van der Waals surface area contributed by atoms with Crippen LogP contribution in [0, 0.1) is 5.82 Å². The monoisotopic (exact) mass is 343 g/mol. The number of nitrogens with one attached hydrogen (secondary N) is 1. The fraction of sp³-hybridized carbons (Fsp3) is 0.381. The van der Waals surface area contributed by atoms with Crippen molar-refractivity contribution in [3.8, 4) is 11.1 Å². The number of hydrogen-bond acceptors (Lipinski definition) is 2. The molecule has 2 aromatic rings. The van der Waals surface area contributed by atoms with Crippen LogP contribution in [0.5, 0.6) is 0 Å². The maximum absolute atomic E-state index is 13.7. The molecule has 1 amide bonds. The average Bonchev–Trinajstić information content (AvgIpc) is 2.63. The first-order chi connectivity index (χ1) is 12.1. The molecule has 134 valence electrons. The third-order valence-electron chi connectivity index (χ3n) is 4.16. The quantitative estimate of drug-likeness (QED) is 0.563. The van der Waals surface area contributed by atoms with Crippen LogP contribution in [0.15, 0.2) is 48.5 Å². The van der Waals surface area contributed by atoms with Crippen LogP contribution >= 0.6 is 0 Å². The molecule has 1 unspecified atom stereocenters. The van der Waals surface area contributed by atoms with Crippen molar-refractivity contribution in [1.82, 2.24) is 0 Å². The van der Waals surface area contributed by atoms with Crippen LogP contribution in [0.3, 0.4) is 0 Å². The maximum atomic E-state index is 13.7. The number of rotatable bonds is 8. The van der Waals surface area contributed by atoms with Crippen LogP contribution in [0.4, 0.5) is 14.9 Å². The lowest BCUT2D eigenvalue weighted by Gasteiger charge is -2.17. The summed E-state index contributed by atoms with van der Waals surface area (Å²) in [6.45, 7) is 4.16. The van der Waals surface area contributed by atoms with Gasteiger partial charge in [0.05, 0.1) is 5.69 Å². The summed E-state index contributed by atoms with van der Waals surface area (Å²) in [5.74, 6) is -0.344. The first-order valence-electron chi connectivity index (χ1n) is 8.96. The van der Waals surface area contributed by atoms with E-state index in [0.717, 1.165) is 37.7 Å². The average molecular weight is 343 g/mol. The van der Waals surface area contributed by atoms with Gasteiger partial charge in [0, 0.05) is 5.56 Å². The largest absolute Gasteiger partial charge is 0.446 e. The van der Waals surface area contributed by atoms with Crippen molar-refractivity contribution in [3.63, 3.8) is 0 Å². The highest BCUT2D eigenvalue weighted by atomic mass is 19.1. The second kappa shape index (κ2) is 9.82. The number of halogens is 1. The van der Waals surface area contributed by atoms with Crippen LogP contribution < -0.4 is 5.32 Å². The Labute approximate surface area is 149 Å². The Balaban J connectivity index is 2.08. The van der Waals surface area contributed by atoms with Crippen LogP contribution in [0.1, 0.15) is 46.0 Å². The van der Waals surface area contributed by atoms with Crippen molar-refractivity contribution >= 4 is 11.8 Å². The zero-order valence-corrected chi connectivity index (χ0v) is 14.9. The van der Waals surface area contributed by atoms with Crippen molar-refractivity contribution in [2.45, 2.75) is 52.1 Å². The molecule has 1 atom stereocenters. The number of anilines is 1. The Hall–Kier alpha value is -2.36. The van der Waals surface area contributed by atoms with Gasteiger partial charge in [0.25, 0.3) is 0 Å². The SMILES string of the molecule is CCCCCC(CC)OC(=O)Nc1ccc(F)cc1-c1ccccc1. The molecule has 0 aliphatic rings. The maximum Gasteiger partial charge on any atom is 0.411 e. The number of carbonyl (C=O) groups excluding carboxylic acids is 1. The fourth-order valence-electron chi connectivity index (χ4n) is 2.74. The smallest absolute Gasteiger partial charge is 0.411 e. The zero-order valence-electron chi connectivity index (χ0n) is 14.9. The summed E-state index contributed by atoms with van der Waals surface area (Å²) in [6.07, 6.45) is 4.39. The normalized spacial score (nSPS) is 11.8. The second-order valence-electron chi connectivity index (χ2n) is 6.11.